The minimum Gasteiger partial charge on any atom is -0.478 e. The van der Waals surface area contributed by atoms with Crippen LogP contribution in [0.1, 0.15) is 47.8 Å². The Morgan fingerprint density at radius 2 is 1.90 bits per heavy atom. The standard InChI is InChI=1S/C18H21NO2/c1-3-5-14-8-10-15(11-9-14)13(2)19-17-7-4-6-16(12-17)18(20)21/h4,6-13,19H,3,5H2,1-2H3,(H,20,21). The Morgan fingerprint density at radius 1 is 1.19 bits per heavy atom. The van der Waals surface area contributed by atoms with Gasteiger partial charge in [-0.1, -0.05) is 43.7 Å². The molecule has 0 fully saturated rings. The Labute approximate surface area is 125 Å². The van der Waals surface area contributed by atoms with Crippen molar-refractivity contribution < 1.29 is 9.90 Å². The van der Waals surface area contributed by atoms with Crippen LogP contribution in [0.15, 0.2) is 48.5 Å². The second kappa shape index (κ2) is 6.93. The Kier molecular flexibility index (Phi) is 4.99. The molecule has 0 saturated heterocycles. The van der Waals surface area contributed by atoms with Crippen LogP contribution in [0.5, 0.6) is 0 Å². The van der Waals surface area contributed by atoms with Crippen LogP contribution >= 0.6 is 0 Å². The molecule has 0 saturated carbocycles. The quantitative estimate of drug-likeness (QED) is 0.820. The van der Waals surface area contributed by atoms with Gasteiger partial charge < -0.3 is 10.4 Å². The summed E-state index contributed by atoms with van der Waals surface area (Å²) in [5.74, 6) is -0.907. The molecule has 0 aromatic heterocycles. The maximum atomic E-state index is 11.0. The van der Waals surface area contributed by atoms with Gasteiger partial charge in [-0.05, 0) is 42.7 Å². The SMILES string of the molecule is CCCc1ccc(C(C)Nc2cccc(C(=O)O)c2)cc1. The van der Waals surface area contributed by atoms with Crippen molar-refractivity contribution in [2.45, 2.75) is 32.7 Å². The summed E-state index contributed by atoms with van der Waals surface area (Å²) < 4.78 is 0. The molecule has 0 spiro atoms. The van der Waals surface area contributed by atoms with Gasteiger partial charge in [0.05, 0.1) is 5.56 Å². The number of aromatic carboxylic acids is 1. The first-order valence-electron chi connectivity index (χ1n) is 7.29. The maximum absolute atomic E-state index is 11.0. The number of carbonyl (C=O) groups is 1. The van der Waals surface area contributed by atoms with Crippen LogP contribution in [0.25, 0.3) is 0 Å². The van der Waals surface area contributed by atoms with Gasteiger partial charge in [-0.2, -0.15) is 0 Å². The summed E-state index contributed by atoms with van der Waals surface area (Å²) in [7, 11) is 0. The van der Waals surface area contributed by atoms with E-state index < -0.39 is 5.97 Å². The van der Waals surface area contributed by atoms with Crippen LogP contribution in [-0.4, -0.2) is 11.1 Å². The normalized spacial score (nSPS) is 11.9. The Hall–Kier alpha value is -2.29. The molecule has 2 rings (SSSR count). The van der Waals surface area contributed by atoms with E-state index in [9.17, 15) is 4.79 Å². The molecule has 0 aliphatic carbocycles. The average Bonchev–Trinajstić information content (AvgIpc) is 2.48. The molecule has 0 aliphatic rings. The van der Waals surface area contributed by atoms with Crippen molar-refractivity contribution in [3.63, 3.8) is 0 Å². The molecule has 110 valence electrons. The van der Waals surface area contributed by atoms with E-state index in [0.717, 1.165) is 18.5 Å². The summed E-state index contributed by atoms with van der Waals surface area (Å²) in [4.78, 5) is 11.0. The van der Waals surface area contributed by atoms with Crippen molar-refractivity contribution in [2.75, 3.05) is 5.32 Å². The van der Waals surface area contributed by atoms with Gasteiger partial charge in [-0.3, -0.25) is 0 Å². The molecular formula is C18H21NO2. The topological polar surface area (TPSA) is 49.3 Å². The zero-order chi connectivity index (χ0) is 15.2. The van der Waals surface area contributed by atoms with Crippen molar-refractivity contribution in [3.05, 3.63) is 65.2 Å². The van der Waals surface area contributed by atoms with E-state index in [1.807, 2.05) is 6.07 Å². The zero-order valence-corrected chi connectivity index (χ0v) is 12.5. The van der Waals surface area contributed by atoms with E-state index in [0.29, 0.717) is 5.56 Å². The van der Waals surface area contributed by atoms with E-state index >= 15 is 0 Å². The highest BCUT2D eigenvalue weighted by Gasteiger charge is 2.07. The zero-order valence-electron chi connectivity index (χ0n) is 12.5. The summed E-state index contributed by atoms with van der Waals surface area (Å²) in [6.07, 6.45) is 2.25. The lowest BCUT2D eigenvalue weighted by atomic mass is 10.0. The van der Waals surface area contributed by atoms with E-state index in [1.165, 1.54) is 11.1 Å². The smallest absolute Gasteiger partial charge is 0.335 e. The highest BCUT2D eigenvalue weighted by atomic mass is 16.4. The van der Waals surface area contributed by atoms with Gasteiger partial charge in [-0.15, -0.1) is 0 Å². The Morgan fingerprint density at radius 3 is 2.52 bits per heavy atom. The molecule has 2 aromatic rings. The number of nitrogens with one attached hydrogen (secondary N) is 1. The fourth-order valence-electron chi connectivity index (χ4n) is 2.34. The number of anilines is 1. The molecule has 1 unspecified atom stereocenters. The molecule has 0 amide bonds. The van der Waals surface area contributed by atoms with Crippen molar-refractivity contribution in [1.82, 2.24) is 0 Å². The van der Waals surface area contributed by atoms with Gasteiger partial charge in [0.25, 0.3) is 0 Å². The van der Waals surface area contributed by atoms with E-state index in [1.54, 1.807) is 18.2 Å². The molecule has 3 heteroatoms. The number of carboxylic acids is 1. The third-order valence-electron chi connectivity index (χ3n) is 3.51. The third kappa shape index (κ3) is 4.09. The molecule has 2 N–H and O–H groups in total. The van der Waals surface area contributed by atoms with Gasteiger partial charge in [-0.25, -0.2) is 4.79 Å². The highest BCUT2D eigenvalue weighted by molar-refractivity contribution is 5.88. The van der Waals surface area contributed by atoms with Crippen LogP contribution in [-0.2, 0) is 6.42 Å². The predicted octanol–water partition coefficient (Wildman–Crippen LogP) is 4.51. The molecule has 0 heterocycles. The maximum Gasteiger partial charge on any atom is 0.335 e. The molecule has 1 atom stereocenters. The second-order valence-corrected chi connectivity index (χ2v) is 5.24. The van der Waals surface area contributed by atoms with Gasteiger partial charge in [0, 0.05) is 11.7 Å². The average molecular weight is 283 g/mol. The molecule has 0 radical (unpaired) electrons. The minimum absolute atomic E-state index is 0.129. The van der Waals surface area contributed by atoms with Crippen LogP contribution in [0, 0.1) is 0 Å². The van der Waals surface area contributed by atoms with E-state index in [-0.39, 0.29) is 6.04 Å². The lowest BCUT2D eigenvalue weighted by molar-refractivity contribution is 0.0697. The molecule has 21 heavy (non-hydrogen) atoms. The van der Waals surface area contributed by atoms with Crippen molar-refractivity contribution in [1.29, 1.82) is 0 Å². The first kappa shape index (κ1) is 15.1. The number of hydrogen-bond acceptors (Lipinski definition) is 2. The molecule has 0 bridgehead atoms. The Balaban J connectivity index is 2.08. The number of carboxylic acid groups (broad SMARTS) is 1. The van der Waals surface area contributed by atoms with Crippen LogP contribution in [0.2, 0.25) is 0 Å². The fourth-order valence-corrected chi connectivity index (χ4v) is 2.34. The lowest BCUT2D eigenvalue weighted by Gasteiger charge is -2.16. The van der Waals surface area contributed by atoms with Gasteiger partial charge in [0.1, 0.15) is 0 Å². The van der Waals surface area contributed by atoms with Crippen LogP contribution < -0.4 is 5.32 Å². The van der Waals surface area contributed by atoms with Crippen molar-refractivity contribution in [2.24, 2.45) is 0 Å². The van der Waals surface area contributed by atoms with Crippen LogP contribution in [0.4, 0.5) is 5.69 Å². The molecular weight excluding hydrogens is 262 g/mol. The predicted molar refractivity (Wildman–Crippen MR) is 85.9 cm³/mol. The first-order valence-corrected chi connectivity index (χ1v) is 7.29. The number of rotatable bonds is 6. The largest absolute Gasteiger partial charge is 0.478 e. The molecule has 3 nitrogen and oxygen atoms in total. The van der Waals surface area contributed by atoms with E-state index in [2.05, 4.69) is 43.4 Å². The van der Waals surface area contributed by atoms with Crippen molar-refractivity contribution in [3.8, 4) is 0 Å². The van der Waals surface area contributed by atoms with Crippen LogP contribution in [0.3, 0.4) is 0 Å². The van der Waals surface area contributed by atoms with Gasteiger partial charge in [0.15, 0.2) is 0 Å². The fraction of sp³-hybridized carbons (Fsp3) is 0.278. The summed E-state index contributed by atoms with van der Waals surface area (Å²) in [5.41, 5.74) is 3.66. The number of aryl methyl sites for hydroxylation is 1. The minimum atomic E-state index is -0.907. The summed E-state index contributed by atoms with van der Waals surface area (Å²) in [6.45, 7) is 4.25. The third-order valence-corrected chi connectivity index (χ3v) is 3.51. The summed E-state index contributed by atoms with van der Waals surface area (Å²) >= 11 is 0. The number of hydrogen-bond donors (Lipinski definition) is 2. The summed E-state index contributed by atoms with van der Waals surface area (Å²) in [6, 6.07) is 15.6. The van der Waals surface area contributed by atoms with Gasteiger partial charge >= 0.3 is 5.97 Å². The molecule has 2 aromatic carbocycles. The lowest BCUT2D eigenvalue weighted by Crippen LogP contribution is -2.07. The highest BCUT2D eigenvalue weighted by Crippen LogP contribution is 2.21. The Bertz CT molecular complexity index is 605. The number of benzene rings is 2. The molecule has 0 aliphatic heterocycles. The van der Waals surface area contributed by atoms with Crippen molar-refractivity contribution >= 4 is 11.7 Å². The first-order chi connectivity index (χ1) is 10.1. The second-order valence-electron chi connectivity index (χ2n) is 5.24. The van der Waals surface area contributed by atoms with E-state index in [4.69, 9.17) is 5.11 Å². The monoisotopic (exact) mass is 283 g/mol. The van der Waals surface area contributed by atoms with Gasteiger partial charge in [0.2, 0.25) is 0 Å². The summed E-state index contributed by atoms with van der Waals surface area (Å²) in [5, 5.41) is 12.4.